The molecule has 0 bridgehead atoms. The zero-order valence-corrected chi connectivity index (χ0v) is 13.3. The molecule has 0 saturated heterocycles. The minimum atomic E-state index is -0.490. The molecule has 2 rings (SSSR count). The Morgan fingerprint density at radius 2 is 1.86 bits per heavy atom. The van der Waals surface area contributed by atoms with E-state index < -0.39 is 6.10 Å². The van der Waals surface area contributed by atoms with Crippen LogP contribution in [0.15, 0.2) is 36.7 Å². The topological polar surface area (TPSA) is 38.0 Å². The summed E-state index contributed by atoms with van der Waals surface area (Å²) >= 11 is 0. The lowest BCUT2D eigenvalue weighted by Crippen LogP contribution is -2.09. The molecule has 21 heavy (non-hydrogen) atoms. The number of imidazole rings is 1. The number of aliphatic hydroxyl groups excluding tert-OH is 1. The number of aliphatic hydroxyl groups is 1. The average Bonchev–Trinajstić information content (AvgIpc) is 2.86. The van der Waals surface area contributed by atoms with Gasteiger partial charge in [-0.25, -0.2) is 4.98 Å². The highest BCUT2D eigenvalue weighted by Crippen LogP contribution is 2.19. The Labute approximate surface area is 127 Å². The molecular formula is C18H26N2O. The van der Waals surface area contributed by atoms with E-state index in [0.717, 1.165) is 30.8 Å². The summed E-state index contributed by atoms with van der Waals surface area (Å²) < 4.78 is 2.12. The van der Waals surface area contributed by atoms with Gasteiger partial charge in [0.15, 0.2) is 0 Å². The third kappa shape index (κ3) is 4.43. The Hall–Kier alpha value is -1.61. The monoisotopic (exact) mass is 286 g/mol. The molecule has 114 valence electrons. The van der Waals surface area contributed by atoms with Crippen molar-refractivity contribution in [1.82, 2.24) is 9.55 Å². The van der Waals surface area contributed by atoms with E-state index in [4.69, 9.17) is 0 Å². The number of rotatable bonds is 7. The molecular weight excluding hydrogens is 260 g/mol. The molecule has 0 aliphatic heterocycles. The molecule has 1 atom stereocenters. The van der Waals surface area contributed by atoms with Crippen molar-refractivity contribution in [3.63, 3.8) is 0 Å². The smallest absolute Gasteiger partial charge is 0.111 e. The van der Waals surface area contributed by atoms with Gasteiger partial charge in [0, 0.05) is 25.4 Å². The van der Waals surface area contributed by atoms with Crippen LogP contribution in [-0.4, -0.2) is 14.7 Å². The van der Waals surface area contributed by atoms with E-state index >= 15 is 0 Å². The molecule has 1 heterocycles. The van der Waals surface area contributed by atoms with E-state index in [2.05, 4.69) is 42.5 Å². The summed E-state index contributed by atoms with van der Waals surface area (Å²) in [5, 5.41) is 10.4. The Bertz CT molecular complexity index is 543. The molecule has 1 aromatic carbocycles. The van der Waals surface area contributed by atoms with Crippen molar-refractivity contribution in [3.8, 4) is 0 Å². The third-order valence-electron chi connectivity index (χ3n) is 3.65. The summed E-state index contributed by atoms with van der Waals surface area (Å²) in [6, 6.07) is 8.32. The van der Waals surface area contributed by atoms with Crippen LogP contribution in [0.4, 0.5) is 0 Å². The SMILES string of the molecule is CCCn1ccnc1CC(O)c1ccc(CC(C)C)cc1. The van der Waals surface area contributed by atoms with Gasteiger partial charge in [-0.15, -0.1) is 0 Å². The molecule has 0 radical (unpaired) electrons. The van der Waals surface area contributed by atoms with E-state index in [-0.39, 0.29) is 0 Å². The van der Waals surface area contributed by atoms with Gasteiger partial charge in [-0.05, 0) is 29.9 Å². The first kappa shape index (κ1) is 15.8. The molecule has 0 fully saturated rings. The highest BCUT2D eigenvalue weighted by Gasteiger charge is 2.12. The van der Waals surface area contributed by atoms with Crippen LogP contribution in [-0.2, 0) is 19.4 Å². The number of benzene rings is 1. The molecule has 0 aliphatic rings. The molecule has 1 aromatic heterocycles. The Kier molecular flexibility index (Phi) is 5.57. The van der Waals surface area contributed by atoms with Gasteiger partial charge in [-0.3, -0.25) is 0 Å². The van der Waals surface area contributed by atoms with Crippen LogP contribution in [0.1, 0.15) is 50.2 Å². The summed E-state index contributed by atoms with van der Waals surface area (Å²) in [5.74, 6) is 1.61. The van der Waals surface area contributed by atoms with Crippen molar-refractivity contribution >= 4 is 0 Å². The number of hydrogen-bond donors (Lipinski definition) is 1. The molecule has 3 heteroatoms. The summed E-state index contributed by atoms with van der Waals surface area (Å²) in [6.45, 7) is 7.54. The average molecular weight is 286 g/mol. The summed E-state index contributed by atoms with van der Waals surface area (Å²) in [6.07, 6.45) is 6.02. The van der Waals surface area contributed by atoms with Crippen LogP contribution < -0.4 is 0 Å². The van der Waals surface area contributed by atoms with E-state index in [9.17, 15) is 5.11 Å². The van der Waals surface area contributed by atoms with E-state index in [1.807, 2.05) is 24.5 Å². The number of hydrogen-bond acceptors (Lipinski definition) is 2. The lowest BCUT2D eigenvalue weighted by Gasteiger charge is -2.13. The lowest BCUT2D eigenvalue weighted by molar-refractivity contribution is 0.174. The Morgan fingerprint density at radius 1 is 1.14 bits per heavy atom. The number of aryl methyl sites for hydroxylation is 1. The zero-order chi connectivity index (χ0) is 15.2. The van der Waals surface area contributed by atoms with Gasteiger partial charge in [0.2, 0.25) is 0 Å². The van der Waals surface area contributed by atoms with Crippen LogP contribution in [0, 0.1) is 5.92 Å². The predicted molar refractivity (Wildman–Crippen MR) is 86.2 cm³/mol. The van der Waals surface area contributed by atoms with Gasteiger partial charge in [0.25, 0.3) is 0 Å². The van der Waals surface area contributed by atoms with Crippen molar-refractivity contribution in [2.45, 2.75) is 52.7 Å². The fraction of sp³-hybridized carbons (Fsp3) is 0.500. The van der Waals surface area contributed by atoms with E-state index in [1.54, 1.807) is 0 Å². The summed E-state index contributed by atoms with van der Waals surface area (Å²) in [7, 11) is 0. The second kappa shape index (κ2) is 7.41. The van der Waals surface area contributed by atoms with Gasteiger partial charge in [-0.1, -0.05) is 45.0 Å². The van der Waals surface area contributed by atoms with Gasteiger partial charge >= 0.3 is 0 Å². The first-order valence-corrected chi connectivity index (χ1v) is 7.87. The highest BCUT2D eigenvalue weighted by atomic mass is 16.3. The van der Waals surface area contributed by atoms with Crippen molar-refractivity contribution in [3.05, 3.63) is 53.6 Å². The second-order valence-electron chi connectivity index (χ2n) is 6.10. The van der Waals surface area contributed by atoms with Crippen LogP contribution in [0.3, 0.4) is 0 Å². The maximum atomic E-state index is 10.4. The predicted octanol–water partition coefficient (Wildman–Crippen LogP) is 3.77. The molecule has 0 spiro atoms. The molecule has 0 aliphatic carbocycles. The summed E-state index contributed by atoms with van der Waals surface area (Å²) in [5.41, 5.74) is 2.29. The van der Waals surface area contributed by atoms with Gasteiger partial charge in [0.1, 0.15) is 5.82 Å². The minimum absolute atomic E-state index is 0.490. The molecule has 2 aromatic rings. The number of aromatic nitrogens is 2. The van der Waals surface area contributed by atoms with Gasteiger partial charge in [-0.2, -0.15) is 0 Å². The fourth-order valence-corrected chi connectivity index (χ4v) is 2.61. The van der Waals surface area contributed by atoms with E-state index in [0.29, 0.717) is 12.3 Å². The van der Waals surface area contributed by atoms with Crippen LogP contribution in [0.25, 0.3) is 0 Å². The number of nitrogens with zero attached hydrogens (tertiary/aromatic N) is 2. The lowest BCUT2D eigenvalue weighted by atomic mass is 9.99. The molecule has 1 N–H and O–H groups in total. The second-order valence-corrected chi connectivity index (χ2v) is 6.10. The summed E-state index contributed by atoms with van der Waals surface area (Å²) in [4.78, 5) is 4.36. The zero-order valence-electron chi connectivity index (χ0n) is 13.3. The first-order valence-electron chi connectivity index (χ1n) is 7.87. The van der Waals surface area contributed by atoms with Crippen molar-refractivity contribution < 1.29 is 5.11 Å². The Balaban J connectivity index is 2.02. The largest absolute Gasteiger partial charge is 0.388 e. The Morgan fingerprint density at radius 3 is 2.48 bits per heavy atom. The maximum Gasteiger partial charge on any atom is 0.111 e. The van der Waals surface area contributed by atoms with Crippen LogP contribution in [0.2, 0.25) is 0 Å². The van der Waals surface area contributed by atoms with Crippen molar-refractivity contribution in [1.29, 1.82) is 0 Å². The third-order valence-corrected chi connectivity index (χ3v) is 3.65. The quantitative estimate of drug-likeness (QED) is 0.841. The molecule has 0 saturated carbocycles. The maximum absolute atomic E-state index is 10.4. The molecule has 0 amide bonds. The fourth-order valence-electron chi connectivity index (χ4n) is 2.61. The first-order chi connectivity index (χ1) is 10.1. The van der Waals surface area contributed by atoms with Crippen molar-refractivity contribution in [2.24, 2.45) is 5.92 Å². The molecule has 1 unspecified atom stereocenters. The minimum Gasteiger partial charge on any atom is -0.388 e. The highest BCUT2D eigenvalue weighted by molar-refractivity contribution is 5.25. The van der Waals surface area contributed by atoms with Gasteiger partial charge in [0.05, 0.1) is 6.10 Å². The van der Waals surface area contributed by atoms with Gasteiger partial charge < -0.3 is 9.67 Å². The van der Waals surface area contributed by atoms with Crippen LogP contribution >= 0.6 is 0 Å². The van der Waals surface area contributed by atoms with Crippen molar-refractivity contribution in [2.75, 3.05) is 0 Å². The molecule has 3 nitrogen and oxygen atoms in total. The standard InChI is InChI=1S/C18H26N2O/c1-4-10-20-11-9-19-18(20)13-17(21)16-7-5-15(6-8-16)12-14(2)3/h5-9,11,14,17,21H,4,10,12-13H2,1-3H3. The normalized spacial score (nSPS) is 12.8. The van der Waals surface area contributed by atoms with E-state index in [1.165, 1.54) is 5.56 Å². The van der Waals surface area contributed by atoms with Crippen LogP contribution in [0.5, 0.6) is 0 Å².